The van der Waals surface area contributed by atoms with E-state index in [4.69, 9.17) is 27.8 Å². The van der Waals surface area contributed by atoms with Crippen LogP contribution in [0.15, 0.2) is 109 Å². The SMILES string of the molecule is O=C1O[C@H]([C@H](CO)OP(=O)(OCc2ccc(C(F)(F)F)cc2)OCc2ccc(C(F)(F)F)cc2)C(OCc2ccc(C(F)(F)F)cc2)=C1OCc1ccc(C(F)(F)F)cc1. The first kappa shape index (κ1) is 46.0. The minimum Gasteiger partial charge on any atom is -0.485 e. The summed E-state index contributed by atoms with van der Waals surface area (Å²) >= 11 is 0. The molecule has 0 spiro atoms. The monoisotopic (exact) mass is 888 g/mol. The van der Waals surface area contributed by atoms with Crippen molar-refractivity contribution in [3.8, 4) is 0 Å². The van der Waals surface area contributed by atoms with Crippen molar-refractivity contribution in [2.45, 2.75) is 63.3 Å². The topological polar surface area (TPSA) is 110 Å². The molecule has 1 N–H and O–H groups in total. The number of phosphoric acid groups is 1. The first-order valence-electron chi connectivity index (χ1n) is 17.0. The Kier molecular flexibility index (Phi) is 14.0. The number of alkyl halides is 12. The maximum Gasteiger partial charge on any atom is 0.475 e. The number of carbonyl (C=O) groups excluding carboxylic acids is 1. The molecular formula is C38H29F12O9P. The molecule has 60 heavy (non-hydrogen) atoms. The van der Waals surface area contributed by atoms with Gasteiger partial charge in [0.05, 0.1) is 42.1 Å². The molecule has 5 rings (SSSR count). The smallest absolute Gasteiger partial charge is 0.475 e. The molecule has 0 aromatic heterocycles. The number of phosphoric ester groups is 1. The average Bonchev–Trinajstić information content (AvgIpc) is 3.50. The number of ether oxygens (including phenoxy) is 3. The van der Waals surface area contributed by atoms with Crippen molar-refractivity contribution in [2.24, 2.45) is 0 Å². The number of benzene rings is 4. The first-order valence-corrected chi connectivity index (χ1v) is 18.4. The normalized spacial score (nSPS) is 15.9. The van der Waals surface area contributed by atoms with Crippen LogP contribution in [-0.2, 0) is 88.3 Å². The number of cyclic esters (lactones) is 1. The van der Waals surface area contributed by atoms with E-state index in [1.807, 2.05) is 0 Å². The van der Waals surface area contributed by atoms with E-state index in [1.165, 1.54) is 0 Å². The van der Waals surface area contributed by atoms with E-state index in [1.54, 1.807) is 0 Å². The largest absolute Gasteiger partial charge is 0.485 e. The number of esters is 1. The van der Waals surface area contributed by atoms with Gasteiger partial charge in [-0.25, -0.2) is 9.36 Å². The third-order valence-corrected chi connectivity index (χ3v) is 9.78. The summed E-state index contributed by atoms with van der Waals surface area (Å²) < 4.78 is 205. The first-order chi connectivity index (χ1) is 27.9. The molecule has 324 valence electrons. The predicted octanol–water partition coefficient (Wildman–Crippen LogP) is 10.6. The minimum absolute atomic E-state index is 0.0165. The van der Waals surface area contributed by atoms with Crippen LogP contribution in [0.25, 0.3) is 0 Å². The quantitative estimate of drug-likeness (QED) is 0.0668. The molecule has 9 nitrogen and oxygen atoms in total. The van der Waals surface area contributed by atoms with E-state index in [9.17, 15) is 67.2 Å². The number of hydrogen-bond donors (Lipinski definition) is 1. The fourth-order valence-corrected chi connectivity index (χ4v) is 6.53. The molecule has 2 atom stereocenters. The standard InChI is InChI=1S/C38H29F12O9P/c39-35(40,41)26-9-1-22(2-10-26)18-54-32-31(58-34(52)33(32)55-19-23-3-11-27(12-4-23)36(42,43)44)30(17-51)59-60(53,56-20-24-5-13-28(14-6-24)37(45,46)47)57-21-25-7-15-29(16-8-25)38(48,49)50/h1-16,30-31,51H,17-21H2/t30-,31+/m0/s1. The van der Waals surface area contributed by atoms with Gasteiger partial charge in [0.15, 0.2) is 11.9 Å². The van der Waals surface area contributed by atoms with Crippen molar-refractivity contribution in [3.63, 3.8) is 0 Å². The van der Waals surface area contributed by atoms with Gasteiger partial charge in [0.1, 0.15) is 19.3 Å². The van der Waals surface area contributed by atoms with Crippen LogP contribution in [0.1, 0.15) is 44.5 Å². The van der Waals surface area contributed by atoms with Gasteiger partial charge in [-0.1, -0.05) is 48.5 Å². The van der Waals surface area contributed by atoms with Gasteiger partial charge in [-0.15, -0.1) is 0 Å². The zero-order valence-electron chi connectivity index (χ0n) is 30.1. The lowest BCUT2D eigenvalue weighted by Gasteiger charge is -2.27. The maximum absolute atomic E-state index is 14.2. The highest BCUT2D eigenvalue weighted by Gasteiger charge is 2.47. The van der Waals surface area contributed by atoms with Gasteiger partial charge >= 0.3 is 38.5 Å². The van der Waals surface area contributed by atoms with Crippen molar-refractivity contribution in [1.29, 1.82) is 0 Å². The third-order valence-electron chi connectivity index (χ3n) is 8.36. The second kappa shape index (κ2) is 18.3. The van der Waals surface area contributed by atoms with Gasteiger partial charge in [0, 0.05) is 0 Å². The molecule has 4 aromatic carbocycles. The lowest BCUT2D eigenvalue weighted by molar-refractivity contribution is -0.149. The van der Waals surface area contributed by atoms with Crippen LogP contribution in [0, 0.1) is 0 Å². The van der Waals surface area contributed by atoms with E-state index in [-0.39, 0.29) is 22.3 Å². The van der Waals surface area contributed by atoms with Crippen LogP contribution in [-0.4, -0.2) is 29.9 Å². The lowest BCUT2D eigenvalue weighted by atomic mass is 10.1. The fraction of sp³-hybridized carbons (Fsp3) is 0.289. The van der Waals surface area contributed by atoms with Crippen molar-refractivity contribution in [2.75, 3.05) is 6.61 Å². The average molecular weight is 889 g/mol. The summed E-state index contributed by atoms with van der Waals surface area (Å²) in [5.41, 5.74) is -3.95. The Bertz CT molecular complexity index is 2080. The number of halogens is 12. The molecule has 1 aliphatic rings. The van der Waals surface area contributed by atoms with E-state index in [0.717, 1.165) is 72.8 Å². The number of carbonyl (C=O) groups is 1. The van der Waals surface area contributed by atoms with Crippen molar-refractivity contribution < 1.29 is 94.9 Å². The van der Waals surface area contributed by atoms with Gasteiger partial charge < -0.3 is 19.3 Å². The second-order valence-corrected chi connectivity index (χ2v) is 14.3. The molecule has 1 heterocycles. The Hall–Kier alpha value is -5.08. The number of hydrogen-bond acceptors (Lipinski definition) is 9. The highest BCUT2D eigenvalue weighted by Crippen LogP contribution is 2.53. The van der Waals surface area contributed by atoms with E-state index >= 15 is 0 Å². The maximum atomic E-state index is 14.2. The molecular weight excluding hydrogens is 859 g/mol. The number of rotatable bonds is 16. The van der Waals surface area contributed by atoms with Crippen molar-refractivity contribution in [1.82, 2.24) is 0 Å². The second-order valence-electron chi connectivity index (χ2n) is 12.7. The molecule has 0 radical (unpaired) electrons. The number of aliphatic hydroxyl groups is 1. The summed E-state index contributed by atoms with van der Waals surface area (Å²) in [7, 11) is -5.12. The summed E-state index contributed by atoms with van der Waals surface area (Å²) in [6.07, 6.45) is -22.7. The Morgan fingerprint density at radius 1 is 0.533 bits per heavy atom. The molecule has 22 heteroatoms. The molecule has 0 bridgehead atoms. The summed E-state index contributed by atoms with van der Waals surface area (Å²) in [6.45, 7) is -3.94. The molecule has 0 aliphatic carbocycles. The van der Waals surface area contributed by atoms with Gasteiger partial charge in [-0.05, 0) is 70.8 Å². The van der Waals surface area contributed by atoms with Crippen LogP contribution in [0.2, 0.25) is 0 Å². The molecule has 0 saturated heterocycles. The zero-order chi connectivity index (χ0) is 44.1. The Balaban J connectivity index is 1.44. The highest BCUT2D eigenvalue weighted by molar-refractivity contribution is 7.48. The van der Waals surface area contributed by atoms with Gasteiger partial charge in [0.2, 0.25) is 5.76 Å². The third kappa shape index (κ3) is 12.2. The highest BCUT2D eigenvalue weighted by atomic mass is 31.2. The van der Waals surface area contributed by atoms with E-state index in [2.05, 4.69) is 0 Å². The molecule has 4 aromatic rings. The lowest BCUT2D eigenvalue weighted by Crippen LogP contribution is -2.35. The van der Waals surface area contributed by atoms with Gasteiger partial charge in [0.25, 0.3) is 0 Å². The Morgan fingerprint density at radius 3 is 1.17 bits per heavy atom. The molecule has 0 amide bonds. The minimum atomic E-state index is -5.12. The summed E-state index contributed by atoms with van der Waals surface area (Å²) in [5, 5.41) is 10.4. The van der Waals surface area contributed by atoms with Crippen molar-refractivity contribution in [3.05, 3.63) is 153 Å². The van der Waals surface area contributed by atoms with Crippen LogP contribution >= 0.6 is 7.82 Å². The zero-order valence-corrected chi connectivity index (χ0v) is 31.0. The van der Waals surface area contributed by atoms with Crippen LogP contribution in [0.5, 0.6) is 0 Å². The number of aliphatic hydroxyl groups excluding tert-OH is 1. The molecule has 0 unspecified atom stereocenters. The Labute approximate surface area is 331 Å². The predicted molar refractivity (Wildman–Crippen MR) is 181 cm³/mol. The summed E-state index contributed by atoms with van der Waals surface area (Å²) in [4.78, 5) is 13.2. The van der Waals surface area contributed by atoms with Crippen LogP contribution in [0.3, 0.4) is 0 Å². The fourth-order valence-electron chi connectivity index (χ4n) is 5.21. The van der Waals surface area contributed by atoms with Crippen LogP contribution in [0.4, 0.5) is 52.7 Å². The summed E-state index contributed by atoms with van der Waals surface area (Å²) in [6, 6.07) is 13.6. The molecule has 0 fully saturated rings. The Morgan fingerprint density at radius 2 is 0.850 bits per heavy atom. The molecule has 0 saturated carbocycles. The van der Waals surface area contributed by atoms with E-state index < -0.39 is 118 Å². The van der Waals surface area contributed by atoms with Crippen LogP contribution < -0.4 is 0 Å². The van der Waals surface area contributed by atoms with E-state index in [0.29, 0.717) is 24.3 Å². The van der Waals surface area contributed by atoms with Crippen molar-refractivity contribution >= 4 is 13.8 Å². The van der Waals surface area contributed by atoms with Gasteiger partial charge in [-0.2, -0.15) is 52.7 Å². The van der Waals surface area contributed by atoms with Gasteiger partial charge in [-0.3, -0.25) is 13.6 Å². The molecule has 1 aliphatic heterocycles. The summed E-state index contributed by atoms with van der Waals surface area (Å²) in [5.74, 6) is -2.68.